The van der Waals surface area contributed by atoms with Crippen LogP contribution in [-0.4, -0.2) is 35.2 Å². The molecular formula is C13H16N4OS2. The van der Waals surface area contributed by atoms with Gasteiger partial charge in [-0.2, -0.15) is 0 Å². The van der Waals surface area contributed by atoms with E-state index in [2.05, 4.69) is 14.9 Å². The van der Waals surface area contributed by atoms with Crippen molar-refractivity contribution in [3.8, 4) is 0 Å². The normalized spacial score (nSPS) is 15.8. The van der Waals surface area contributed by atoms with E-state index in [1.54, 1.807) is 0 Å². The molecule has 0 saturated carbocycles. The molecule has 2 aromatic rings. The third-order valence-corrected chi connectivity index (χ3v) is 5.02. The Bertz CT molecular complexity index is 649. The van der Waals surface area contributed by atoms with Gasteiger partial charge >= 0.3 is 0 Å². The fraction of sp³-hybridized carbons (Fsp3) is 0.462. The first-order valence-corrected chi connectivity index (χ1v) is 8.63. The van der Waals surface area contributed by atoms with E-state index >= 15 is 0 Å². The molecule has 5 nitrogen and oxygen atoms in total. The molecular weight excluding hydrogens is 292 g/mol. The lowest BCUT2D eigenvalue weighted by Gasteiger charge is -2.28. The molecule has 0 aromatic carbocycles. The lowest BCUT2D eigenvalue weighted by molar-refractivity contribution is 0.100. The lowest BCUT2D eigenvalue weighted by Crippen LogP contribution is -2.30. The number of amides is 1. The summed E-state index contributed by atoms with van der Waals surface area (Å²) in [5, 5.41) is 1.69. The molecule has 1 aliphatic rings. The predicted molar refractivity (Wildman–Crippen MR) is 83.8 cm³/mol. The number of hydrogen-bond acceptors (Lipinski definition) is 6. The van der Waals surface area contributed by atoms with Crippen LogP contribution in [-0.2, 0) is 0 Å². The number of primary amides is 1. The highest BCUT2D eigenvalue weighted by Gasteiger charge is 2.19. The fourth-order valence-electron chi connectivity index (χ4n) is 2.45. The first-order valence-electron chi connectivity index (χ1n) is 6.59. The van der Waals surface area contributed by atoms with Crippen molar-refractivity contribution in [1.29, 1.82) is 0 Å². The van der Waals surface area contributed by atoms with Gasteiger partial charge in [0.2, 0.25) is 0 Å². The van der Waals surface area contributed by atoms with Crippen LogP contribution in [0.3, 0.4) is 0 Å². The Labute approximate surface area is 125 Å². The van der Waals surface area contributed by atoms with Gasteiger partial charge < -0.3 is 10.6 Å². The number of fused-ring (bicyclic) bond motifs is 1. The molecule has 3 heterocycles. The van der Waals surface area contributed by atoms with Gasteiger partial charge in [-0.15, -0.1) is 11.3 Å². The Kier molecular flexibility index (Phi) is 3.80. The molecule has 1 amide bonds. The van der Waals surface area contributed by atoms with E-state index < -0.39 is 5.91 Å². The van der Waals surface area contributed by atoms with Gasteiger partial charge in [-0.25, -0.2) is 9.97 Å². The maximum absolute atomic E-state index is 11.4. The molecule has 0 spiro atoms. The van der Waals surface area contributed by atoms with Crippen LogP contribution in [0.1, 0.15) is 28.9 Å². The van der Waals surface area contributed by atoms with Crippen molar-refractivity contribution in [2.45, 2.75) is 24.4 Å². The summed E-state index contributed by atoms with van der Waals surface area (Å²) in [6, 6.07) is 1.83. The Morgan fingerprint density at radius 2 is 2.10 bits per heavy atom. The molecule has 0 bridgehead atoms. The quantitative estimate of drug-likeness (QED) is 0.697. The molecule has 1 saturated heterocycles. The van der Waals surface area contributed by atoms with E-state index in [1.165, 1.54) is 42.4 Å². The van der Waals surface area contributed by atoms with Crippen LogP contribution in [0.25, 0.3) is 10.2 Å². The molecule has 7 heteroatoms. The second-order valence-corrected chi connectivity index (χ2v) is 6.58. The molecule has 3 rings (SSSR count). The minimum atomic E-state index is -0.400. The van der Waals surface area contributed by atoms with Crippen LogP contribution >= 0.6 is 23.1 Å². The number of hydrogen-bond donors (Lipinski definition) is 1. The standard InChI is InChI=1S/C13H16N4OS2/c1-19-13-15-11(17-5-3-2-4-6-17)8-7-9(10(14)18)20-12(8)16-13/h7H,2-6H2,1H3,(H2,14,18). The van der Waals surface area contributed by atoms with E-state index in [9.17, 15) is 4.79 Å². The second-order valence-electron chi connectivity index (χ2n) is 4.78. The fourth-order valence-corrected chi connectivity index (χ4v) is 3.74. The average molecular weight is 308 g/mol. The monoisotopic (exact) mass is 308 g/mol. The van der Waals surface area contributed by atoms with E-state index in [-0.39, 0.29) is 0 Å². The largest absolute Gasteiger partial charge is 0.365 e. The molecule has 1 fully saturated rings. The smallest absolute Gasteiger partial charge is 0.258 e. The van der Waals surface area contributed by atoms with Crippen LogP contribution in [0.2, 0.25) is 0 Å². The maximum Gasteiger partial charge on any atom is 0.258 e. The van der Waals surface area contributed by atoms with Gasteiger partial charge in [0.25, 0.3) is 5.91 Å². The Hall–Kier alpha value is -1.34. The van der Waals surface area contributed by atoms with Crippen LogP contribution in [0.5, 0.6) is 0 Å². The van der Waals surface area contributed by atoms with Crippen molar-refractivity contribution in [2.24, 2.45) is 5.73 Å². The third-order valence-electron chi connectivity index (χ3n) is 3.43. The molecule has 2 N–H and O–H groups in total. The molecule has 1 aliphatic heterocycles. The average Bonchev–Trinajstić information content (AvgIpc) is 2.91. The van der Waals surface area contributed by atoms with Gasteiger partial charge in [0, 0.05) is 13.1 Å². The number of nitrogens with two attached hydrogens (primary N) is 1. The van der Waals surface area contributed by atoms with Crippen molar-refractivity contribution in [3.63, 3.8) is 0 Å². The topological polar surface area (TPSA) is 72.1 Å². The van der Waals surface area contributed by atoms with Gasteiger partial charge in [-0.3, -0.25) is 4.79 Å². The summed E-state index contributed by atoms with van der Waals surface area (Å²) in [7, 11) is 0. The summed E-state index contributed by atoms with van der Waals surface area (Å²) in [4.78, 5) is 24.2. The maximum atomic E-state index is 11.4. The number of carbonyl (C=O) groups excluding carboxylic acids is 1. The van der Waals surface area contributed by atoms with E-state index in [0.717, 1.165) is 34.3 Å². The zero-order chi connectivity index (χ0) is 14.1. The van der Waals surface area contributed by atoms with Crippen molar-refractivity contribution in [3.05, 3.63) is 10.9 Å². The summed E-state index contributed by atoms with van der Waals surface area (Å²) in [5.74, 6) is 0.547. The molecule has 20 heavy (non-hydrogen) atoms. The van der Waals surface area contributed by atoms with Gasteiger partial charge in [0.1, 0.15) is 10.6 Å². The zero-order valence-corrected chi connectivity index (χ0v) is 12.9. The van der Waals surface area contributed by atoms with Gasteiger partial charge in [-0.1, -0.05) is 11.8 Å². The zero-order valence-electron chi connectivity index (χ0n) is 11.3. The van der Waals surface area contributed by atoms with Crippen molar-refractivity contribution in [2.75, 3.05) is 24.2 Å². The predicted octanol–water partition coefficient (Wildman–Crippen LogP) is 2.50. The molecule has 0 atom stereocenters. The van der Waals surface area contributed by atoms with Crippen molar-refractivity contribution < 1.29 is 4.79 Å². The van der Waals surface area contributed by atoms with E-state index in [0.29, 0.717) is 4.88 Å². The van der Waals surface area contributed by atoms with Crippen LogP contribution in [0, 0.1) is 0 Å². The second kappa shape index (κ2) is 5.57. The number of nitrogens with zero attached hydrogens (tertiary/aromatic N) is 3. The number of anilines is 1. The van der Waals surface area contributed by atoms with Crippen molar-refractivity contribution >= 4 is 45.0 Å². The van der Waals surface area contributed by atoms with Gasteiger partial charge in [-0.05, 0) is 31.6 Å². The van der Waals surface area contributed by atoms with E-state index in [1.807, 2.05) is 12.3 Å². The SMILES string of the molecule is CSc1nc(N2CCCCC2)c2cc(C(N)=O)sc2n1. The lowest BCUT2D eigenvalue weighted by atomic mass is 10.1. The first kappa shape index (κ1) is 13.6. The Morgan fingerprint density at radius 3 is 2.75 bits per heavy atom. The molecule has 0 radical (unpaired) electrons. The van der Waals surface area contributed by atoms with Crippen LogP contribution in [0.15, 0.2) is 11.2 Å². The highest BCUT2D eigenvalue weighted by Crippen LogP contribution is 2.33. The number of rotatable bonds is 3. The Morgan fingerprint density at radius 1 is 1.35 bits per heavy atom. The number of thioether (sulfide) groups is 1. The van der Waals surface area contributed by atoms with Gasteiger partial charge in [0.15, 0.2) is 5.16 Å². The Balaban J connectivity index is 2.14. The minimum Gasteiger partial charge on any atom is -0.365 e. The third kappa shape index (κ3) is 2.47. The summed E-state index contributed by atoms with van der Waals surface area (Å²) in [5.41, 5.74) is 5.38. The first-order chi connectivity index (χ1) is 9.69. The molecule has 2 aromatic heterocycles. The number of carbonyl (C=O) groups is 1. The number of piperidine rings is 1. The highest BCUT2D eigenvalue weighted by molar-refractivity contribution is 7.98. The van der Waals surface area contributed by atoms with Crippen LogP contribution < -0.4 is 10.6 Å². The minimum absolute atomic E-state index is 0.400. The summed E-state index contributed by atoms with van der Waals surface area (Å²) in [6.07, 6.45) is 5.61. The number of aromatic nitrogens is 2. The highest BCUT2D eigenvalue weighted by atomic mass is 32.2. The van der Waals surface area contributed by atoms with E-state index in [4.69, 9.17) is 5.73 Å². The van der Waals surface area contributed by atoms with Crippen LogP contribution in [0.4, 0.5) is 5.82 Å². The van der Waals surface area contributed by atoms with Crippen molar-refractivity contribution in [1.82, 2.24) is 9.97 Å². The van der Waals surface area contributed by atoms with Gasteiger partial charge in [0.05, 0.1) is 10.3 Å². The molecule has 0 aliphatic carbocycles. The summed E-state index contributed by atoms with van der Waals surface area (Å²) < 4.78 is 0. The number of thiophene rings is 1. The summed E-state index contributed by atoms with van der Waals surface area (Å²) in [6.45, 7) is 2.03. The molecule has 106 valence electrons. The molecule has 0 unspecified atom stereocenters. The summed E-state index contributed by atoms with van der Waals surface area (Å²) >= 11 is 2.87.